The van der Waals surface area contributed by atoms with Gasteiger partial charge in [-0.25, -0.2) is 0 Å². The molecule has 182 valence electrons. The third kappa shape index (κ3) is 4.18. The Hall–Kier alpha value is -4.34. The Labute approximate surface area is 202 Å². The van der Waals surface area contributed by atoms with Crippen molar-refractivity contribution in [1.29, 1.82) is 0 Å². The fraction of sp³-hybridized carbons (Fsp3) is 0.280. The fourth-order valence-corrected chi connectivity index (χ4v) is 4.39. The first-order valence-corrected chi connectivity index (χ1v) is 10.9. The monoisotopic (exact) mass is 478 g/mol. The van der Waals surface area contributed by atoms with Crippen molar-refractivity contribution in [2.75, 3.05) is 18.2 Å². The van der Waals surface area contributed by atoms with Crippen LogP contribution in [0.4, 0.5) is 5.69 Å². The topological polar surface area (TPSA) is 137 Å². The lowest BCUT2D eigenvalue weighted by atomic mass is 9.67. The van der Waals surface area contributed by atoms with Crippen LogP contribution < -0.4 is 25.4 Å². The Balaban J connectivity index is 1.85. The minimum absolute atomic E-state index is 0.0382. The lowest BCUT2D eigenvalue weighted by Gasteiger charge is -2.50. The maximum atomic E-state index is 13.9. The number of nitrogens with one attached hydrogen (secondary N) is 1. The van der Waals surface area contributed by atoms with Crippen molar-refractivity contribution in [2.24, 2.45) is 11.1 Å². The first-order valence-electron chi connectivity index (χ1n) is 10.9. The molecule has 0 bridgehead atoms. The van der Waals surface area contributed by atoms with E-state index in [0.29, 0.717) is 22.7 Å². The van der Waals surface area contributed by atoms with E-state index in [-0.39, 0.29) is 12.6 Å². The quantitative estimate of drug-likeness (QED) is 0.532. The van der Waals surface area contributed by atoms with Crippen molar-refractivity contribution in [2.45, 2.75) is 26.3 Å². The van der Waals surface area contributed by atoms with E-state index in [1.54, 1.807) is 36.4 Å². The number of benzene rings is 1. The fourth-order valence-electron chi connectivity index (χ4n) is 4.39. The number of anilines is 1. The zero-order valence-corrected chi connectivity index (χ0v) is 19.6. The van der Waals surface area contributed by atoms with E-state index in [9.17, 15) is 14.4 Å². The predicted molar refractivity (Wildman–Crippen MR) is 126 cm³/mol. The van der Waals surface area contributed by atoms with Crippen LogP contribution in [0.2, 0.25) is 0 Å². The second-order valence-corrected chi connectivity index (χ2v) is 8.99. The summed E-state index contributed by atoms with van der Waals surface area (Å²) in [4.78, 5) is 45.1. The van der Waals surface area contributed by atoms with Gasteiger partial charge in [-0.05, 0) is 47.4 Å². The van der Waals surface area contributed by atoms with Crippen molar-refractivity contribution in [1.82, 2.24) is 10.3 Å². The van der Waals surface area contributed by atoms with E-state index in [1.807, 2.05) is 20.8 Å². The second kappa shape index (κ2) is 9.13. The van der Waals surface area contributed by atoms with Crippen molar-refractivity contribution in [3.8, 4) is 11.5 Å². The van der Waals surface area contributed by atoms with Crippen molar-refractivity contribution < 1.29 is 28.3 Å². The van der Waals surface area contributed by atoms with Crippen LogP contribution in [-0.4, -0.2) is 36.0 Å². The molecule has 3 heterocycles. The molecule has 0 spiro atoms. The van der Waals surface area contributed by atoms with E-state index >= 15 is 0 Å². The number of ether oxygens (including phenoxy) is 2. The maximum Gasteiger partial charge on any atom is 0.287 e. The molecule has 0 saturated heterocycles. The van der Waals surface area contributed by atoms with Gasteiger partial charge in [-0.2, -0.15) is 0 Å². The van der Waals surface area contributed by atoms with Gasteiger partial charge in [0.05, 0.1) is 12.8 Å². The Bertz CT molecular complexity index is 1240. The van der Waals surface area contributed by atoms with Crippen LogP contribution in [0.15, 0.2) is 65.5 Å². The molecule has 0 fully saturated rings. The molecule has 1 atom stereocenters. The summed E-state index contributed by atoms with van der Waals surface area (Å²) >= 11 is 0. The van der Waals surface area contributed by atoms with Gasteiger partial charge in [0.1, 0.15) is 0 Å². The number of amides is 3. The molecule has 35 heavy (non-hydrogen) atoms. The zero-order valence-electron chi connectivity index (χ0n) is 19.6. The largest absolute Gasteiger partial charge is 0.459 e. The summed E-state index contributed by atoms with van der Waals surface area (Å²) in [7, 11) is 0. The van der Waals surface area contributed by atoms with Gasteiger partial charge < -0.3 is 24.9 Å². The predicted octanol–water partition coefficient (Wildman–Crippen LogP) is 2.59. The molecule has 10 heteroatoms. The highest BCUT2D eigenvalue weighted by atomic mass is 16.7. The summed E-state index contributed by atoms with van der Waals surface area (Å²) in [5, 5.41) is 2.56. The molecule has 10 nitrogen and oxygen atoms in total. The van der Waals surface area contributed by atoms with Gasteiger partial charge in [0.15, 0.2) is 22.8 Å². The van der Waals surface area contributed by atoms with Crippen LogP contribution in [0.1, 0.15) is 36.9 Å². The smallest absolute Gasteiger partial charge is 0.287 e. The number of aromatic nitrogens is 1. The molecule has 1 aromatic carbocycles. The molecule has 1 aliphatic rings. The highest BCUT2D eigenvalue weighted by molar-refractivity contribution is 6.06. The van der Waals surface area contributed by atoms with Gasteiger partial charge in [-0.1, -0.05) is 20.8 Å². The normalized spacial score (nSPS) is 14.1. The number of fused-ring (bicyclic) bond motifs is 1. The van der Waals surface area contributed by atoms with Gasteiger partial charge in [0.2, 0.25) is 18.6 Å². The van der Waals surface area contributed by atoms with E-state index in [2.05, 4.69) is 10.3 Å². The third-order valence-corrected chi connectivity index (χ3v) is 5.88. The Morgan fingerprint density at radius 2 is 1.77 bits per heavy atom. The van der Waals surface area contributed by atoms with E-state index in [1.165, 1.54) is 29.6 Å². The molecule has 1 unspecified atom stereocenters. The number of carbonyl (C=O) groups is 3. The molecule has 1 aliphatic heterocycles. The molecule has 3 N–H and O–H groups in total. The summed E-state index contributed by atoms with van der Waals surface area (Å²) in [5.74, 6) is -0.913. The number of rotatable bonds is 7. The molecule has 2 aromatic heterocycles. The SMILES string of the molecule is CC(C)(C)C(C(N)=O)(c1ccncc1)N(C(=O)CNC(=O)c1ccco1)c1ccc2c(c1)OCO2. The number of nitrogens with zero attached hydrogens (tertiary/aromatic N) is 2. The van der Waals surface area contributed by atoms with Crippen LogP contribution in [0.3, 0.4) is 0 Å². The molecular formula is C25H26N4O6. The number of hydrogen-bond acceptors (Lipinski definition) is 7. The average molecular weight is 479 g/mol. The van der Waals surface area contributed by atoms with Crippen LogP contribution in [0.25, 0.3) is 0 Å². The standard InChI is InChI=1S/C25H26N4O6/c1-24(2,3)25(23(26)32,16-8-10-27-11-9-16)29(17-6-7-18-20(13-17)35-15-34-18)21(30)14-28-22(31)19-5-4-12-33-19/h4-13H,14-15H2,1-3H3,(H2,26,32)(H,28,31). The lowest BCUT2D eigenvalue weighted by Crippen LogP contribution is -2.65. The Morgan fingerprint density at radius 1 is 1.06 bits per heavy atom. The van der Waals surface area contributed by atoms with Gasteiger partial charge in [0, 0.05) is 24.1 Å². The third-order valence-electron chi connectivity index (χ3n) is 5.88. The highest BCUT2D eigenvalue weighted by Gasteiger charge is 2.56. The average Bonchev–Trinajstić information content (AvgIpc) is 3.52. The summed E-state index contributed by atoms with van der Waals surface area (Å²) in [6.07, 6.45) is 4.41. The summed E-state index contributed by atoms with van der Waals surface area (Å²) in [6, 6.07) is 11.2. The van der Waals surface area contributed by atoms with E-state index in [0.717, 1.165) is 0 Å². The number of pyridine rings is 1. The molecule has 0 saturated carbocycles. The molecule has 0 aliphatic carbocycles. The molecule has 3 amide bonds. The molecule has 0 radical (unpaired) electrons. The van der Waals surface area contributed by atoms with Crippen LogP contribution in [0.5, 0.6) is 11.5 Å². The maximum absolute atomic E-state index is 13.9. The summed E-state index contributed by atoms with van der Waals surface area (Å²) in [6.45, 7) is 5.05. The number of carbonyl (C=O) groups excluding carboxylic acids is 3. The second-order valence-electron chi connectivity index (χ2n) is 8.99. The summed E-state index contributed by atoms with van der Waals surface area (Å²) < 4.78 is 16.0. The Kier molecular flexibility index (Phi) is 6.21. The number of furan rings is 1. The Morgan fingerprint density at radius 3 is 2.40 bits per heavy atom. The number of primary amides is 1. The van der Waals surface area contributed by atoms with Crippen LogP contribution in [0, 0.1) is 5.41 Å². The molecule has 4 rings (SSSR count). The number of nitrogens with two attached hydrogens (primary N) is 1. The first-order chi connectivity index (χ1) is 16.7. The van der Waals surface area contributed by atoms with E-state index < -0.39 is 35.2 Å². The van der Waals surface area contributed by atoms with Crippen molar-refractivity contribution >= 4 is 23.4 Å². The zero-order chi connectivity index (χ0) is 25.2. The summed E-state index contributed by atoms with van der Waals surface area (Å²) in [5.41, 5.74) is 4.36. The highest BCUT2D eigenvalue weighted by Crippen LogP contribution is 2.48. The van der Waals surface area contributed by atoms with Crippen molar-refractivity contribution in [3.05, 3.63) is 72.4 Å². The van der Waals surface area contributed by atoms with E-state index in [4.69, 9.17) is 19.6 Å². The van der Waals surface area contributed by atoms with Crippen LogP contribution in [-0.2, 0) is 15.1 Å². The molecule has 3 aromatic rings. The minimum atomic E-state index is -1.66. The van der Waals surface area contributed by atoms with Gasteiger partial charge in [0.25, 0.3) is 5.91 Å². The van der Waals surface area contributed by atoms with Gasteiger partial charge in [-0.3, -0.25) is 24.3 Å². The number of hydrogen-bond donors (Lipinski definition) is 2. The first kappa shape index (κ1) is 23.8. The van der Waals surface area contributed by atoms with Crippen molar-refractivity contribution in [3.63, 3.8) is 0 Å². The molecular weight excluding hydrogens is 452 g/mol. The van der Waals surface area contributed by atoms with Gasteiger partial charge in [-0.15, -0.1) is 0 Å². The lowest BCUT2D eigenvalue weighted by molar-refractivity contribution is -0.132. The minimum Gasteiger partial charge on any atom is -0.459 e. The van der Waals surface area contributed by atoms with Crippen LogP contribution >= 0.6 is 0 Å². The van der Waals surface area contributed by atoms with Gasteiger partial charge >= 0.3 is 0 Å².